The minimum atomic E-state index is -3.52. The maximum Gasteiger partial charge on any atom is 0.243 e. The molecule has 29 heavy (non-hydrogen) atoms. The molecule has 0 unspecified atom stereocenters. The van der Waals surface area contributed by atoms with Crippen molar-refractivity contribution < 1.29 is 13.2 Å². The first-order valence-corrected chi connectivity index (χ1v) is 11.8. The largest absolute Gasteiger partial charge is 0.340 e. The highest BCUT2D eigenvalue weighted by Crippen LogP contribution is 2.23. The van der Waals surface area contributed by atoms with Gasteiger partial charge in [0.05, 0.1) is 4.90 Å². The minimum absolute atomic E-state index is 0.0869. The first-order valence-electron chi connectivity index (χ1n) is 10.3. The summed E-state index contributed by atoms with van der Waals surface area (Å²) >= 11 is 0. The average Bonchev–Trinajstić information content (AvgIpc) is 2.77. The van der Waals surface area contributed by atoms with Crippen molar-refractivity contribution in [1.82, 2.24) is 9.21 Å². The number of aryl methyl sites for hydroxylation is 1. The van der Waals surface area contributed by atoms with Gasteiger partial charge >= 0.3 is 0 Å². The van der Waals surface area contributed by atoms with Gasteiger partial charge in [0.25, 0.3) is 0 Å². The van der Waals surface area contributed by atoms with Crippen LogP contribution in [0.1, 0.15) is 43.7 Å². The van der Waals surface area contributed by atoms with E-state index in [0.29, 0.717) is 49.8 Å². The van der Waals surface area contributed by atoms with Crippen molar-refractivity contribution in [3.63, 3.8) is 0 Å². The van der Waals surface area contributed by atoms with Gasteiger partial charge in [-0.1, -0.05) is 56.3 Å². The maximum atomic E-state index is 12.9. The van der Waals surface area contributed by atoms with Gasteiger partial charge in [-0.15, -0.1) is 0 Å². The van der Waals surface area contributed by atoms with Crippen LogP contribution in [0.2, 0.25) is 0 Å². The van der Waals surface area contributed by atoms with E-state index in [0.717, 1.165) is 17.5 Å². The SMILES string of the molecule is CC[C@@H](C)c1ccc(S(=O)(=O)N2CCN(C(=O)CCc3ccccc3)CC2)cc1. The van der Waals surface area contributed by atoms with Gasteiger partial charge in [-0.3, -0.25) is 4.79 Å². The summed E-state index contributed by atoms with van der Waals surface area (Å²) in [7, 11) is -3.52. The number of nitrogens with zero attached hydrogens (tertiary/aromatic N) is 2. The number of carbonyl (C=O) groups excluding carboxylic acids is 1. The van der Waals surface area contributed by atoms with Gasteiger partial charge in [-0.2, -0.15) is 4.31 Å². The van der Waals surface area contributed by atoms with E-state index in [-0.39, 0.29) is 5.91 Å². The summed E-state index contributed by atoms with van der Waals surface area (Å²) in [6.45, 7) is 5.82. The van der Waals surface area contributed by atoms with Crippen LogP contribution in [0.15, 0.2) is 59.5 Å². The number of piperazine rings is 1. The van der Waals surface area contributed by atoms with Crippen LogP contribution >= 0.6 is 0 Å². The number of rotatable bonds is 7. The number of benzene rings is 2. The average molecular weight is 415 g/mol. The van der Waals surface area contributed by atoms with Gasteiger partial charge in [-0.05, 0) is 42.0 Å². The van der Waals surface area contributed by atoms with Crippen molar-refractivity contribution in [2.45, 2.75) is 43.9 Å². The first kappa shape index (κ1) is 21.5. The van der Waals surface area contributed by atoms with Crippen molar-refractivity contribution >= 4 is 15.9 Å². The molecule has 0 spiro atoms. The van der Waals surface area contributed by atoms with Crippen LogP contribution in [-0.2, 0) is 21.2 Å². The molecule has 1 amide bonds. The molecule has 0 N–H and O–H groups in total. The zero-order valence-electron chi connectivity index (χ0n) is 17.3. The molecule has 0 bridgehead atoms. The molecule has 156 valence electrons. The van der Waals surface area contributed by atoms with Crippen LogP contribution in [0.5, 0.6) is 0 Å². The van der Waals surface area contributed by atoms with Crippen molar-refractivity contribution in [2.75, 3.05) is 26.2 Å². The highest BCUT2D eigenvalue weighted by molar-refractivity contribution is 7.89. The number of sulfonamides is 1. The molecule has 5 nitrogen and oxygen atoms in total. The normalized spacial score (nSPS) is 16.6. The van der Waals surface area contributed by atoms with E-state index in [2.05, 4.69) is 13.8 Å². The zero-order valence-corrected chi connectivity index (χ0v) is 18.1. The van der Waals surface area contributed by atoms with E-state index in [9.17, 15) is 13.2 Å². The van der Waals surface area contributed by atoms with Gasteiger partial charge in [0.15, 0.2) is 0 Å². The third kappa shape index (κ3) is 5.25. The molecular weight excluding hydrogens is 384 g/mol. The fourth-order valence-electron chi connectivity index (χ4n) is 3.59. The molecule has 6 heteroatoms. The smallest absolute Gasteiger partial charge is 0.243 e. The van der Waals surface area contributed by atoms with Crippen molar-refractivity contribution in [3.8, 4) is 0 Å². The Morgan fingerprint density at radius 3 is 2.17 bits per heavy atom. The summed E-state index contributed by atoms with van der Waals surface area (Å²) in [5.41, 5.74) is 2.29. The molecule has 0 aliphatic carbocycles. The van der Waals surface area contributed by atoms with Gasteiger partial charge in [0.2, 0.25) is 15.9 Å². The van der Waals surface area contributed by atoms with E-state index >= 15 is 0 Å². The Hall–Kier alpha value is -2.18. The Kier molecular flexibility index (Phi) is 7.09. The Bertz CT molecular complexity index is 903. The lowest BCUT2D eigenvalue weighted by Crippen LogP contribution is -2.50. The second-order valence-electron chi connectivity index (χ2n) is 7.65. The maximum absolute atomic E-state index is 12.9. The van der Waals surface area contributed by atoms with Crippen LogP contribution < -0.4 is 0 Å². The molecule has 1 aliphatic heterocycles. The van der Waals surface area contributed by atoms with Gasteiger partial charge in [-0.25, -0.2) is 8.42 Å². The fraction of sp³-hybridized carbons (Fsp3) is 0.435. The van der Waals surface area contributed by atoms with Gasteiger partial charge < -0.3 is 4.90 Å². The summed E-state index contributed by atoms with van der Waals surface area (Å²) in [5.74, 6) is 0.501. The highest BCUT2D eigenvalue weighted by Gasteiger charge is 2.30. The molecule has 0 radical (unpaired) electrons. The molecule has 1 atom stereocenters. The Balaban J connectivity index is 1.55. The van der Waals surface area contributed by atoms with E-state index in [1.54, 1.807) is 17.0 Å². The minimum Gasteiger partial charge on any atom is -0.340 e. The fourth-order valence-corrected chi connectivity index (χ4v) is 5.01. The summed E-state index contributed by atoms with van der Waals surface area (Å²) in [6, 6.07) is 17.2. The lowest BCUT2D eigenvalue weighted by molar-refractivity contribution is -0.132. The Labute approximate surface area is 174 Å². The molecule has 1 aliphatic rings. The highest BCUT2D eigenvalue weighted by atomic mass is 32.2. The lowest BCUT2D eigenvalue weighted by atomic mass is 9.99. The summed E-state index contributed by atoms with van der Waals surface area (Å²) in [5, 5.41) is 0. The van der Waals surface area contributed by atoms with Gasteiger partial charge in [0.1, 0.15) is 0 Å². The predicted octanol–water partition coefficient (Wildman–Crippen LogP) is 3.67. The first-order chi connectivity index (χ1) is 13.9. The second kappa shape index (κ2) is 9.55. The van der Waals surface area contributed by atoms with Crippen LogP contribution in [0.4, 0.5) is 0 Å². The standard InChI is InChI=1S/C23H30N2O3S/c1-3-19(2)21-10-12-22(13-11-21)29(27,28)25-17-15-24(16-18-25)23(26)14-9-20-7-5-4-6-8-20/h4-8,10-13,19H,3,9,14-18H2,1-2H3/t19-/m1/s1. The second-order valence-corrected chi connectivity index (χ2v) is 9.59. The molecule has 1 heterocycles. The summed E-state index contributed by atoms with van der Waals surface area (Å²) < 4.78 is 27.4. The molecule has 0 saturated carbocycles. The Morgan fingerprint density at radius 1 is 0.966 bits per heavy atom. The van der Waals surface area contributed by atoms with Crippen molar-refractivity contribution in [2.24, 2.45) is 0 Å². The zero-order chi connectivity index (χ0) is 20.9. The van der Waals surface area contributed by atoms with Gasteiger partial charge in [0, 0.05) is 32.6 Å². The molecular formula is C23H30N2O3S. The quantitative estimate of drug-likeness (QED) is 0.695. The number of hydrogen-bond acceptors (Lipinski definition) is 3. The summed E-state index contributed by atoms with van der Waals surface area (Å²) in [4.78, 5) is 14.6. The predicted molar refractivity (Wildman–Crippen MR) is 115 cm³/mol. The van der Waals surface area contributed by atoms with E-state index in [1.807, 2.05) is 42.5 Å². The van der Waals surface area contributed by atoms with Crippen LogP contribution in [0, 0.1) is 0 Å². The van der Waals surface area contributed by atoms with Crippen LogP contribution in [0.3, 0.4) is 0 Å². The molecule has 2 aromatic carbocycles. The monoisotopic (exact) mass is 414 g/mol. The topological polar surface area (TPSA) is 57.7 Å². The number of carbonyl (C=O) groups is 1. The molecule has 0 aromatic heterocycles. The van der Waals surface area contributed by atoms with E-state index in [4.69, 9.17) is 0 Å². The number of hydrogen-bond donors (Lipinski definition) is 0. The molecule has 1 saturated heterocycles. The third-order valence-corrected chi connectivity index (χ3v) is 7.67. The van der Waals surface area contributed by atoms with E-state index in [1.165, 1.54) is 4.31 Å². The number of amides is 1. The van der Waals surface area contributed by atoms with Crippen molar-refractivity contribution in [3.05, 3.63) is 65.7 Å². The lowest BCUT2D eigenvalue weighted by Gasteiger charge is -2.34. The van der Waals surface area contributed by atoms with Crippen LogP contribution in [0.25, 0.3) is 0 Å². The molecule has 3 rings (SSSR count). The van der Waals surface area contributed by atoms with E-state index < -0.39 is 10.0 Å². The van der Waals surface area contributed by atoms with Crippen molar-refractivity contribution in [1.29, 1.82) is 0 Å². The van der Waals surface area contributed by atoms with Crippen LogP contribution in [-0.4, -0.2) is 49.7 Å². The summed E-state index contributed by atoms with van der Waals surface area (Å²) in [6.07, 6.45) is 2.18. The third-order valence-electron chi connectivity index (χ3n) is 5.76. The molecule has 1 fully saturated rings. The molecule has 2 aromatic rings. The Morgan fingerprint density at radius 2 is 1.59 bits per heavy atom.